The lowest BCUT2D eigenvalue weighted by molar-refractivity contribution is -0.0571. The van der Waals surface area contributed by atoms with Crippen LogP contribution < -0.4 is 5.73 Å². The van der Waals surface area contributed by atoms with Crippen molar-refractivity contribution in [3.63, 3.8) is 0 Å². The van der Waals surface area contributed by atoms with Crippen molar-refractivity contribution in [1.29, 1.82) is 0 Å². The van der Waals surface area contributed by atoms with E-state index >= 15 is 0 Å². The third-order valence-electron chi connectivity index (χ3n) is 7.50. The Kier molecular flexibility index (Phi) is 8.24. The Balaban J connectivity index is 1.63. The highest BCUT2D eigenvalue weighted by molar-refractivity contribution is 5.75. The first-order valence-corrected chi connectivity index (χ1v) is 12.7. The fourth-order valence-electron chi connectivity index (χ4n) is 5.63. The quantitative estimate of drug-likeness (QED) is 0.572. The molecule has 0 saturated carbocycles. The molecular weight excluding hydrogens is 426 g/mol. The van der Waals surface area contributed by atoms with Gasteiger partial charge in [-0.05, 0) is 55.2 Å². The molecule has 0 radical (unpaired) electrons. The van der Waals surface area contributed by atoms with Gasteiger partial charge in [0.05, 0.1) is 5.60 Å². The maximum atomic E-state index is 13.2. The molecule has 6 nitrogen and oxygen atoms in total. The van der Waals surface area contributed by atoms with Crippen LogP contribution in [-0.2, 0) is 10.3 Å². The van der Waals surface area contributed by atoms with E-state index in [1.165, 1.54) is 0 Å². The Hall–Kier alpha value is -2.41. The zero-order chi connectivity index (χ0) is 24.0. The molecule has 0 aromatic heterocycles. The van der Waals surface area contributed by atoms with Gasteiger partial charge in [-0.15, -0.1) is 0 Å². The first kappa shape index (κ1) is 24.7. The van der Waals surface area contributed by atoms with Crippen molar-refractivity contribution in [1.82, 2.24) is 9.80 Å². The maximum Gasteiger partial charge on any atom is 0.320 e. The highest BCUT2D eigenvalue weighted by Gasteiger charge is 2.43. The first-order chi connectivity index (χ1) is 16.5. The molecule has 0 unspecified atom stereocenters. The molecule has 6 heteroatoms. The van der Waals surface area contributed by atoms with Gasteiger partial charge in [0.15, 0.2) is 0 Å². The number of likely N-dealkylation sites (tertiary alicyclic amines) is 2. The van der Waals surface area contributed by atoms with Gasteiger partial charge in [-0.25, -0.2) is 4.79 Å². The van der Waals surface area contributed by atoms with Crippen LogP contribution in [0, 0.1) is 5.92 Å². The predicted molar refractivity (Wildman–Crippen MR) is 135 cm³/mol. The highest BCUT2D eigenvalue weighted by atomic mass is 16.5. The van der Waals surface area contributed by atoms with Crippen LogP contribution in [0.4, 0.5) is 4.79 Å². The molecule has 0 bridgehead atoms. The number of benzene rings is 2. The van der Waals surface area contributed by atoms with E-state index in [0.717, 1.165) is 61.9 Å². The van der Waals surface area contributed by atoms with Crippen molar-refractivity contribution in [2.24, 2.45) is 11.7 Å². The average Bonchev–Trinajstić information content (AvgIpc) is 3.33. The predicted octanol–water partition coefficient (Wildman–Crippen LogP) is 4.22. The normalized spacial score (nSPS) is 22.6. The van der Waals surface area contributed by atoms with Gasteiger partial charge < -0.3 is 25.4 Å². The van der Waals surface area contributed by atoms with Crippen LogP contribution in [-0.4, -0.2) is 66.9 Å². The second-order valence-electron chi connectivity index (χ2n) is 9.85. The lowest BCUT2D eigenvalue weighted by atomic mass is 9.72. The molecule has 2 aromatic rings. The number of rotatable bonds is 8. The van der Waals surface area contributed by atoms with E-state index in [1.807, 2.05) is 40.1 Å². The minimum Gasteiger partial charge on any atom is -0.385 e. The number of aliphatic hydroxyl groups is 1. The zero-order valence-corrected chi connectivity index (χ0v) is 20.4. The Labute approximate surface area is 203 Å². The number of hydrogen-bond acceptors (Lipinski definition) is 4. The summed E-state index contributed by atoms with van der Waals surface area (Å²) in [6.45, 7) is 3.33. The summed E-state index contributed by atoms with van der Waals surface area (Å²) in [5.74, 6) is -0.0334. The van der Waals surface area contributed by atoms with Crippen molar-refractivity contribution < 1.29 is 14.6 Å². The molecule has 0 aliphatic carbocycles. The minimum absolute atomic E-state index is 0.0334. The number of urea groups is 1. The Morgan fingerprint density at radius 3 is 2.50 bits per heavy atom. The topological polar surface area (TPSA) is 79.0 Å². The second kappa shape index (κ2) is 11.3. The molecule has 2 saturated heterocycles. The van der Waals surface area contributed by atoms with Crippen molar-refractivity contribution in [2.45, 2.75) is 50.2 Å². The number of carbonyl (C=O) groups excluding carboxylic acids is 1. The maximum absolute atomic E-state index is 13.2. The summed E-state index contributed by atoms with van der Waals surface area (Å²) in [7, 11) is 1.71. The number of amides is 2. The van der Waals surface area contributed by atoms with Crippen molar-refractivity contribution in [3.05, 3.63) is 60.2 Å². The average molecular weight is 466 g/mol. The molecule has 184 valence electrons. The molecule has 34 heavy (non-hydrogen) atoms. The molecular formula is C28H39N3O3. The summed E-state index contributed by atoms with van der Waals surface area (Å²) in [5.41, 5.74) is 8.15. The number of unbranched alkanes of at least 4 members (excludes halogenated alkanes) is 1. The number of nitrogens with two attached hydrogens (primary N) is 1. The number of piperidine rings is 1. The number of methoxy groups -OCH3 is 1. The lowest BCUT2D eigenvalue weighted by Crippen LogP contribution is -2.51. The van der Waals surface area contributed by atoms with Crippen LogP contribution in [0.3, 0.4) is 0 Å². The van der Waals surface area contributed by atoms with E-state index < -0.39 is 5.60 Å². The summed E-state index contributed by atoms with van der Waals surface area (Å²) < 4.78 is 5.26. The van der Waals surface area contributed by atoms with Crippen molar-refractivity contribution in [3.8, 4) is 11.1 Å². The second-order valence-corrected chi connectivity index (χ2v) is 9.85. The van der Waals surface area contributed by atoms with E-state index in [-0.39, 0.29) is 18.0 Å². The molecule has 2 amide bonds. The van der Waals surface area contributed by atoms with Crippen LogP contribution in [0.15, 0.2) is 54.6 Å². The van der Waals surface area contributed by atoms with Gasteiger partial charge in [-0.1, -0.05) is 54.6 Å². The minimum atomic E-state index is -1.03. The summed E-state index contributed by atoms with van der Waals surface area (Å²) in [5, 5.41) is 12.4. The van der Waals surface area contributed by atoms with Gasteiger partial charge in [-0.2, -0.15) is 0 Å². The number of ether oxygens (including phenoxy) is 1. The summed E-state index contributed by atoms with van der Waals surface area (Å²) in [6, 6.07) is 18.6. The number of nitrogens with zero attached hydrogens (tertiary/aromatic N) is 2. The third-order valence-corrected chi connectivity index (χ3v) is 7.50. The summed E-state index contributed by atoms with van der Waals surface area (Å²) in [4.78, 5) is 17.1. The van der Waals surface area contributed by atoms with Crippen LogP contribution in [0.25, 0.3) is 11.1 Å². The Bertz CT molecular complexity index is 938. The van der Waals surface area contributed by atoms with E-state index in [4.69, 9.17) is 10.5 Å². The van der Waals surface area contributed by atoms with Gasteiger partial charge in [0.2, 0.25) is 0 Å². The van der Waals surface area contributed by atoms with Crippen molar-refractivity contribution in [2.75, 3.05) is 39.9 Å². The fourth-order valence-corrected chi connectivity index (χ4v) is 5.63. The van der Waals surface area contributed by atoms with Gasteiger partial charge >= 0.3 is 6.03 Å². The molecule has 3 atom stereocenters. The molecule has 2 fully saturated rings. The van der Waals surface area contributed by atoms with E-state index in [2.05, 4.69) is 24.3 Å². The third kappa shape index (κ3) is 5.45. The van der Waals surface area contributed by atoms with E-state index in [1.54, 1.807) is 7.11 Å². The van der Waals surface area contributed by atoms with Gasteiger partial charge in [-0.3, -0.25) is 0 Å². The first-order valence-electron chi connectivity index (χ1n) is 12.7. The fraction of sp³-hybridized carbons (Fsp3) is 0.536. The molecule has 2 aromatic carbocycles. The molecule has 2 aliphatic rings. The van der Waals surface area contributed by atoms with Crippen molar-refractivity contribution >= 4 is 6.03 Å². The van der Waals surface area contributed by atoms with E-state index in [9.17, 15) is 9.90 Å². The SMILES string of the molecule is COCCCC[C@@](O)(c1ccccc1-c1ccccc1)[C@@H]1CCCN(C(=O)N2CC[C@H](N)C2)C1. The molecule has 2 aliphatic heterocycles. The monoisotopic (exact) mass is 465 g/mol. The largest absolute Gasteiger partial charge is 0.385 e. The van der Waals surface area contributed by atoms with E-state index in [0.29, 0.717) is 26.1 Å². The molecule has 3 N–H and O–H groups in total. The smallest absolute Gasteiger partial charge is 0.320 e. The molecule has 4 rings (SSSR count). The Morgan fingerprint density at radius 2 is 1.76 bits per heavy atom. The van der Waals surface area contributed by atoms with Crippen LogP contribution >= 0.6 is 0 Å². The van der Waals surface area contributed by atoms with Gasteiger partial charge in [0.25, 0.3) is 0 Å². The van der Waals surface area contributed by atoms with Crippen LogP contribution in [0.2, 0.25) is 0 Å². The van der Waals surface area contributed by atoms with Gasteiger partial charge in [0.1, 0.15) is 0 Å². The summed E-state index contributed by atoms with van der Waals surface area (Å²) in [6.07, 6.45) is 5.04. The Morgan fingerprint density at radius 1 is 1.03 bits per heavy atom. The number of carbonyl (C=O) groups is 1. The summed E-state index contributed by atoms with van der Waals surface area (Å²) >= 11 is 0. The highest BCUT2D eigenvalue weighted by Crippen LogP contribution is 2.43. The molecule has 0 spiro atoms. The van der Waals surface area contributed by atoms with Crippen LogP contribution in [0.1, 0.15) is 44.1 Å². The standard InChI is InChI=1S/C28H39N3O3/c1-34-19-8-7-16-28(33,26-14-6-5-13-25(26)22-10-3-2-4-11-22)23-12-9-17-30(20-23)27(32)31-18-15-24(29)21-31/h2-6,10-11,13-14,23-24,33H,7-9,12,15-21,29H2,1H3/t23-,24+,28+/m1/s1. The number of hydrogen-bond donors (Lipinski definition) is 2. The van der Waals surface area contributed by atoms with Crippen LogP contribution in [0.5, 0.6) is 0 Å². The molecule has 2 heterocycles. The lowest BCUT2D eigenvalue weighted by Gasteiger charge is -2.44. The van der Waals surface area contributed by atoms with Gasteiger partial charge in [0, 0.05) is 51.9 Å². The zero-order valence-electron chi connectivity index (χ0n) is 20.4.